The molecule has 524 valence electrons. The third kappa shape index (κ3) is 27.5. The van der Waals surface area contributed by atoms with E-state index < -0.39 is 169 Å². The molecule has 0 unspecified atom stereocenters. The summed E-state index contributed by atoms with van der Waals surface area (Å²) in [5, 5.41) is 21.1. The number of hydrogen-bond acceptors (Lipinski definition) is 17. The Balaban J connectivity index is 1.56. The van der Waals surface area contributed by atoms with Crippen LogP contribution in [0.25, 0.3) is 0 Å². The van der Waals surface area contributed by atoms with E-state index in [2.05, 4.69) is 47.5 Å². The quantitative estimate of drug-likeness (QED) is 0.0173. The normalized spacial score (nSPS) is 16.8. The minimum absolute atomic E-state index is 0.0736. The molecule has 0 aliphatic carbocycles. The van der Waals surface area contributed by atoms with Gasteiger partial charge < -0.3 is 92.5 Å². The largest absolute Gasteiger partial charge is 0.370 e. The Morgan fingerprint density at radius 2 is 1.01 bits per heavy atom. The number of primary amides is 3. The standard InChI is InChI=1S/C63H98N18O13S/c1-37(2)33-45(57(89)74-41(53(68)85)27-32-95-3)73-52(84)36-72-54(86)46(34-38-15-6-4-7-16-38)78-58(90)47(35-39-17-8-5-9-18-39)79-56(88)42(23-25-50(66)82)75-55(87)43(24-26-51(67)83)76-59(91)49-22-14-31-81(49)62(94)44(20-10-11-28-64)77-60(92)48-21-13-30-80(48)61(93)40(65)19-12-29-71-63(69)70/h4-9,15-18,37,40-49H,10-14,19-36,64-65H2,1-3H3,(H2,66,82)(H2,67,83)(H2,68,85)(H,72,86)(H,73,84)(H,74,89)(H,75,87)(H,76,91)(H,77,92)(H,78,90)(H,79,88)(H4,69,70,71)/t40-,41+,42-,43-,44+,45-,46+,47-,48-,49+/m1/s1. The fourth-order valence-electron chi connectivity index (χ4n) is 11.0. The number of nitrogens with one attached hydrogen (secondary N) is 8. The molecule has 0 saturated carbocycles. The highest BCUT2D eigenvalue weighted by atomic mass is 32.2. The minimum atomic E-state index is -1.64. The van der Waals surface area contributed by atoms with Gasteiger partial charge in [-0.15, -0.1) is 0 Å². The van der Waals surface area contributed by atoms with Crippen LogP contribution in [0.4, 0.5) is 0 Å². The Hall–Kier alpha value is -8.91. The molecule has 2 aromatic carbocycles. The Morgan fingerprint density at radius 1 is 0.537 bits per heavy atom. The molecule has 0 bridgehead atoms. The summed E-state index contributed by atoms with van der Waals surface area (Å²) in [6.45, 7) is 3.86. The van der Waals surface area contributed by atoms with Crippen LogP contribution in [-0.2, 0) is 75.2 Å². The van der Waals surface area contributed by atoms with Crippen molar-refractivity contribution in [1.29, 1.82) is 0 Å². The lowest BCUT2D eigenvalue weighted by Gasteiger charge is -2.32. The number of carbonyl (C=O) groups excluding carboxylic acids is 13. The van der Waals surface area contributed by atoms with Crippen LogP contribution in [0.2, 0.25) is 0 Å². The SMILES string of the molecule is CSCC[C@H](NC(=O)[C@@H](CC(C)C)NC(=O)CNC(=O)[C@H](Cc1ccccc1)NC(=O)[C@@H](Cc1ccccc1)NC(=O)[C@@H](CCC(N)=O)NC(=O)[C@@H](CCC(N)=O)NC(=O)[C@@H]1CCCN1C(=O)[C@H](CCCCN)NC(=O)[C@H]1CCCN1C(=O)[C@H](N)CCCN=C(N)N)C(N)=O. The molecule has 2 aliphatic heterocycles. The number of rotatable bonds is 42. The topological polar surface area (TPSA) is 519 Å². The number of benzene rings is 2. The Morgan fingerprint density at radius 3 is 1.51 bits per heavy atom. The highest BCUT2D eigenvalue weighted by Crippen LogP contribution is 2.24. The van der Waals surface area contributed by atoms with Crippen LogP contribution in [0.15, 0.2) is 65.7 Å². The molecule has 2 aromatic rings. The van der Waals surface area contributed by atoms with Gasteiger partial charge in [0, 0.05) is 45.3 Å². The molecule has 2 saturated heterocycles. The van der Waals surface area contributed by atoms with E-state index >= 15 is 0 Å². The maximum atomic E-state index is 14.7. The van der Waals surface area contributed by atoms with E-state index in [0.29, 0.717) is 55.4 Å². The number of amides is 13. The number of carbonyl (C=O) groups is 13. The number of nitrogens with two attached hydrogens (primary N) is 7. The first kappa shape index (κ1) is 78.5. The van der Waals surface area contributed by atoms with E-state index in [0.717, 1.165) is 0 Å². The smallest absolute Gasteiger partial charge is 0.245 e. The van der Waals surface area contributed by atoms with Crippen LogP contribution in [0.5, 0.6) is 0 Å². The summed E-state index contributed by atoms with van der Waals surface area (Å²) in [6, 6.07) is 4.51. The summed E-state index contributed by atoms with van der Waals surface area (Å²) in [4.78, 5) is 185. The molecule has 0 aromatic heterocycles. The van der Waals surface area contributed by atoms with E-state index in [9.17, 15) is 62.3 Å². The van der Waals surface area contributed by atoms with Gasteiger partial charge in [0.05, 0.1) is 12.6 Å². The van der Waals surface area contributed by atoms with Gasteiger partial charge in [-0.2, -0.15) is 11.8 Å². The molecule has 10 atom stereocenters. The average Bonchev–Trinajstić information content (AvgIpc) is 1.74. The first-order chi connectivity index (χ1) is 45.2. The monoisotopic (exact) mass is 1350 g/mol. The van der Waals surface area contributed by atoms with Gasteiger partial charge in [-0.1, -0.05) is 74.5 Å². The second-order valence-electron chi connectivity index (χ2n) is 24.1. The number of thioether (sulfide) groups is 1. The number of aliphatic imine (C=N–C) groups is 1. The summed E-state index contributed by atoms with van der Waals surface area (Å²) < 4.78 is 0. The van der Waals surface area contributed by atoms with Crippen molar-refractivity contribution in [3.63, 3.8) is 0 Å². The van der Waals surface area contributed by atoms with Gasteiger partial charge in [0.15, 0.2) is 5.96 Å². The lowest BCUT2D eigenvalue weighted by atomic mass is 10.0. The third-order valence-electron chi connectivity index (χ3n) is 16.0. The second-order valence-corrected chi connectivity index (χ2v) is 25.1. The molecule has 31 nitrogen and oxygen atoms in total. The van der Waals surface area contributed by atoms with Gasteiger partial charge >= 0.3 is 0 Å². The molecule has 0 radical (unpaired) electrons. The molecule has 0 spiro atoms. The fourth-order valence-corrected chi connectivity index (χ4v) is 11.5. The molecule has 13 amide bonds. The summed E-state index contributed by atoms with van der Waals surface area (Å²) in [5.74, 6) is -9.80. The number of likely N-dealkylation sites (tertiary alicyclic amines) is 2. The zero-order valence-corrected chi connectivity index (χ0v) is 55.3. The van der Waals surface area contributed by atoms with Crippen molar-refractivity contribution < 1.29 is 62.3 Å². The summed E-state index contributed by atoms with van der Waals surface area (Å²) in [7, 11) is 0. The van der Waals surface area contributed by atoms with Crippen molar-refractivity contribution in [2.75, 3.05) is 44.7 Å². The molecular weight excluding hydrogens is 1250 g/mol. The Kier molecular flexibility index (Phi) is 33.9. The first-order valence-corrected chi connectivity index (χ1v) is 33.6. The molecule has 2 aliphatic rings. The van der Waals surface area contributed by atoms with E-state index in [4.69, 9.17) is 40.1 Å². The van der Waals surface area contributed by atoms with Gasteiger partial charge in [0.1, 0.15) is 54.4 Å². The second kappa shape index (κ2) is 41.0. The van der Waals surface area contributed by atoms with Gasteiger partial charge in [0.25, 0.3) is 0 Å². The third-order valence-corrected chi connectivity index (χ3v) is 16.7. The zero-order valence-electron chi connectivity index (χ0n) is 54.5. The lowest BCUT2D eigenvalue weighted by Crippen LogP contribution is -2.60. The zero-order chi connectivity index (χ0) is 70.1. The number of guanidine groups is 1. The molecule has 32 heteroatoms. The Bertz CT molecular complexity index is 2960. The first-order valence-electron chi connectivity index (χ1n) is 32.2. The van der Waals surface area contributed by atoms with E-state index in [-0.39, 0.29) is 83.0 Å². The van der Waals surface area contributed by atoms with Crippen LogP contribution in [0, 0.1) is 5.92 Å². The van der Waals surface area contributed by atoms with Crippen molar-refractivity contribution in [2.24, 2.45) is 51.0 Å². The van der Waals surface area contributed by atoms with Crippen LogP contribution in [0.1, 0.15) is 121 Å². The van der Waals surface area contributed by atoms with Gasteiger partial charge in [0.2, 0.25) is 76.8 Å². The van der Waals surface area contributed by atoms with Gasteiger partial charge in [-0.05, 0) is 119 Å². The van der Waals surface area contributed by atoms with Crippen LogP contribution >= 0.6 is 11.8 Å². The predicted molar refractivity (Wildman–Crippen MR) is 356 cm³/mol. The molecule has 22 N–H and O–H groups in total. The summed E-state index contributed by atoms with van der Waals surface area (Å²) >= 11 is 1.45. The minimum Gasteiger partial charge on any atom is -0.370 e. The Labute approximate surface area is 558 Å². The van der Waals surface area contributed by atoms with E-state index in [1.807, 2.05) is 20.1 Å². The van der Waals surface area contributed by atoms with E-state index in [1.165, 1.54) is 21.6 Å². The van der Waals surface area contributed by atoms with Crippen molar-refractivity contribution in [1.82, 2.24) is 52.3 Å². The maximum absolute atomic E-state index is 14.7. The lowest BCUT2D eigenvalue weighted by molar-refractivity contribution is -0.144. The van der Waals surface area contributed by atoms with Crippen LogP contribution in [0.3, 0.4) is 0 Å². The van der Waals surface area contributed by atoms with E-state index in [1.54, 1.807) is 60.7 Å². The molecule has 2 heterocycles. The van der Waals surface area contributed by atoms with Gasteiger partial charge in [-0.25, -0.2) is 0 Å². The van der Waals surface area contributed by atoms with Crippen LogP contribution in [-0.4, -0.2) is 198 Å². The fraction of sp³-hybridized carbons (Fsp3) is 0.587. The number of hydrogen-bond donors (Lipinski definition) is 15. The van der Waals surface area contributed by atoms with Crippen molar-refractivity contribution in [2.45, 2.75) is 183 Å². The maximum Gasteiger partial charge on any atom is 0.245 e. The predicted octanol–water partition coefficient (Wildman–Crippen LogP) is -3.71. The molecular formula is C63H98N18O13S. The van der Waals surface area contributed by atoms with Crippen molar-refractivity contribution >= 4 is 94.5 Å². The molecule has 95 heavy (non-hydrogen) atoms. The number of nitrogens with zero attached hydrogens (tertiary/aromatic N) is 3. The number of unbranched alkanes of at least 4 members (excludes halogenated alkanes) is 1. The summed E-state index contributed by atoms with van der Waals surface area (Å²) in [6.07, 6.45) is 3.12. The molecule has 4 rings (SSSR count). The highest BCUT2D eigenvalue weighted by Gasteiger charge is 2.42. The van der Waals surface area contributed by atoms with Crippen molar-refractivity contribution in [3.8, 4) is 0 Å². The van der Waals surface area contributed by atoms with Crippen molar-refractivity contribution in [3.05, 3.63) is 71.8 Å². The molecule has 2 fully saturated rings. The summed E-state index contributed by atoms with van der Waals surface area (Å²) in [5.41, 5.74) is 40.6. The van der Waals surface area contributed by atoms with Gasteiger partial charge in [-0.3, -0.25) is 67.3 Å². The highest BCUT2D eigenvalue weighted by molar-refractivity contribution is 7.98. The average molecular weight is 1350 g/mol. The van der Waals surface area contributed by atoms with Crippen LogP contribution < -0.4 is 82.7 Å².